The third-order valence-electron chi connectivity index (χ3n) is 3.45. The first-order valence-corrected chi connectivity index (χ1v) is 7.09. The summed E-state index contributed by atoms with van der Waals surface area (Å²) in [4.78, 5) is 22.9. The first-order chi connectivity index (χ1) is 10.5. The first-order valence-electron chi connectivity index (χ1n) is 7.09. The van der Waals surface area contributed by atoms with Gasteiger partial charge in [0.15, 0.2) is 0 Å². The van der Waals surface area contributed by atoms with Crippen LogP contribution in [0.5, 0.6) is 0 Å². The zero-order valence-electron chi connectivity index (χ0n) is 12.9. The second kappa shape index (κ2) is 6.53. The molecule has 116 valence electrons. The standard InChI is InChI=1S/C16H19N3O3/c1-11(2)18-15(9-6-13(10-17-3)16(18)20)12-4-7-14(8-5-12)19(21)22/h4-9,11,17H,10H2,1-3H3. The summed E-state index contributed by atoms with van der Waals surface area (Å²) in [5.41, 5.74) is 2.23. The summed E-state index contributed by atoms with van der Waals surface area (Å²) in [6.45, 7) is 4.39. The molecule has 0 aliphatic heterocycles. The molecule has 0 aliphatic rings. The molecule has 1 aromatic carbocycles. The van der Waals surface area contributed by atoms with Crippen molar-refractivity contribution in [3.05, 3.63) is 62.4 Å². The molecule has 0 bridgehead atoms. The maximum Gasteiger partial charge on any atom is 0.269 e. The first kappa shape index (κ1) is 15.9. The van der Waals surface area contributed by atoms with Gasteiger partial charge in [0.05, 0.1) is 10.6 Å². The fraction of sp³-hybridized carbons (Fsp3) is 0.312. The highest BCUT2D eigenvalue weighted by Gasteiger charge is 2.13. The molecule has 0 unspecified atom stereocenters. The van der Waals surface area contributed by atoms with Crippen LogP contribution in [0.2, 0.25) is 0 Å². The molecule has 0 fully saturated rings. The van der Waals surface area contributed by atoms with E-state index in [1.165, 1.54) is 12.1 Å². The van der Waals surface area contributed by atoms with E-state index in [1.807, 2.05) is 19.9 Å². The molecule has 0 radical (unpaired) electrons. The van der Waals surface area contributed by atoms with Crippen molar-refractivity contribution in [3.8, 4) is 11.3 Å². The summed E-state index contributed by atoms with van der Waals surface area (Å²) in [6, 6.07) is 9.92. The lowest BCUT2D eigenvalue weighted by Crippen LogP contribution is -2.28. The van der Waals surface area contributed by atoms with Crippen molar-refractivity contribution in [1.82, 2.24) is 9.88 Å². The lowest BCUT2D eigenvalue weighted by atomic mass is 10.1. The fourth-order valence-corrected chi connectivity index (χ4v) is 2.42. The second-order valence-corrected chi connectivity index (χ2v) is 5.35. The minimum absolute atomic E-state index is 0.00509. The van der Waals surface area contributed by atoms with E-state index in [1.54, 1.807) is 29.8 Å². The number of nitrogens with zero attached hydrogens (tertiary/aromatic N) is 2. The Bertz CT molecular complexity index is 733. The number of nitrogens with one attached hydrogen (secondary N) is 1. The number of nitro groups is 1. The zero-order chi connectivity index (χ0) is 16.3. The van der Waals surface area contributed by atoms with Crippen molar-refractivity contribution in [2.75, 3.05) is 7.05 Å². The van der Waals surface area contributed by atoms with E-state index < -0.39 is 4.92 Å². The van der Waals surface area contributed by atoms with E-state index in [9.17, 15) is 14.9 Å². The van der Waals surface area contributed by atoms with Crippen molar-refractivity contribution < 1.29 is 4.92 Å². The molecule has 22 heavy (non-hydrogen) atoms. The molecule has 6 nitrogen and oxygen atoms in total. The smallest absolute Gasteiger partial charge is 0.269 e. The Hall–Kier alpha value is -2.47. The molecule has 1 aromatic heterocycles. The second-order valence-electron chi connectivity index (χ2n) is 5.35. The van der Waals surface area contributed by atoms with E-state index in [0.29, 0.717) is 12.1 Å². The number of hydrogen-bond donors (Lipinski definition) is 1. The maximum atomic E-state index is 12.6. The molecule has 2 aromatic rings. The Morgan fingerprint density at radius 3 is 2.32 bits per heavy atom. The van der Waals surface area contributed by atoms with Crippen LogP contribution in [-0.2, 0) is 6.54 Å². The summed E-state index contributed by atoms with van der Waals surface area (Å²) in [5.74, 6) is 0. The van der Waals surface area contributed by atoms with Crippen LogP contribution in [0.4, 0.5) is 5.69 Å². The highest BCUT2D eigenvalue weighted by atomic mass is 16.6. The van der Waals surface area contributed by atoms with Gasteiger partial charge in [-0.05, 0) is 44.7 Å². The molecule has 1 N–H and O–H groups in total. The molecule has 6 heteroatoms. The Labute approximate surface area is 128 Å². The van der Waals surface area contributed by atoms with Crippen molar-refractivity contribution in [2.45, 2.75) is 26.4 Å². The van der Waals surface area contributed by atoms with Gasteiger partial charge in [0.25, 0.3) is 11.2 Å². The third kappa shape index (κ3) is 3.07. The van der Waals surface area contributed by atoms with Crippen molar-refractivity contribution in [1.29, 1.82) is 0 Å². The van der Waals surface area contributed by atoms with Gasteiger partial charge in [0.1, 0.15) is 0 Å². The largest absolute Gasteiger partial charge is 0.315 e. The Balaban J connectivity index is 2.57. The van der Waals surface area contributed by atoms with E-state index >= 15 is 0 Å². The van der Waals surface area contributed by atoms with Gasteiger partial charge in [-0.1, -0.05) is 6.07 Å². The lowest BCUT2D eigenvalue weighted by Gasteiger charge is -2.18. The Kier molecular flexibility index (Phi) is 4.72. The molecular formula is C16H19N3O3. The van der Waals surface area contributed by atoms with Crippen LogP contribution in [0.25, 0.3) is 11.3 Å². The van der Waals surface area contributed by atoms with Gasteiger partial charge >= 0.3 is 0 Å². The van der Waals surface area contributed by atoms with Crippen LogP contribution < -0.4 is 10.9 Å². The van der Waals surface area contributed by atoms with E-state index in [0.717, 1.165) is 11.3 Å². The van der Waals surface area contributed by atoms with Crippen LogP contribution in [0, 0.1) is 10.1 Å². The van der Waals surface area contributed by atoms with Gasteiger partial charge in [-0.2, -0.15) is 0 Å². The number of non-ortho nitro benzene ring substituents is 1. The van der Waals surface area contributed by atoms with E-state index in [-0.39, 0.29) is 17.3 Å². The van der Waals surface area contributed by atoms with E-state index in [4.69, 9.17) is 0 Å². The SMILES string of the molecule is CNCc1ccc(-c2ccc([N+](=O)[O-])cc2)n(C(C)C)c1=O. The molecule has 0 saturated carbocycles. The predicted octanol–water partition coefficient (Wildman–Crippen LogP) is 2.72. The molecule has 0 atom stereocenters. The minimum Gasteiger partial charge on any atom is -0.315 e. The molecule has 0 saturated heterocycles. The van der Waals surface area contributed by atoms with Crippen molar-refractivity contribution in [3.63, 3.8) is 0 Å². The summed E-state index contributed by atoms with van der Waals surface area (Å²) in [7, 11) is 1.80. The van der Waals surface area contributed by atoms with Gasteiger partial charge in [0.2, 0.25) is 0 Å². The monoisotopic (exact) mass is 301 g/mol. The van der Waals surface area contributed by atoms with Gasteiger partial charge in [0, 0.05) is 30.3 Å². The number of rotatable bonds is 5. The van der Waals surface area contributed by atoms with Crippen LogP contribution in [0.1, 0.15) is 25.5 Å². The Morgan fingerprint density at radius 1 is 1.18 bits per heavy atom. The molecule has 0 amide bonds. The average Bonchev–Trinajstić information content (AvgIpc) is 2.49. The lowest BCUT2D eigenvalue weighted by molar-refractivity contribution is -0.384. The number of benzene rings is 1. The summed E-state index contributed by atoms with van der Waals surface area (Å²) < 4.78 is 1.72. The van der Waals surface area contributed by atoms with E-state index in [2.05, 4.69) is 5.32 Å². The molecule has 2 rings (SSSR count). The number of pyridine rings is 1. The van der Waals surface area contributed by atoms with Crippen LogP contribution in [-0.4, -0.2) is 16.5 Å². The van der Waals surface area contributed by atoms with Crippen molar-refractivity contribution in [2.24, 2.45) is 0 Å². The average molecular weight is 301 g/mol. The Morgan fingerprint density at radius 2 is 1.82 bits per heavy atom. The number of aromatic nitrogens is 1. The summed E-state index contributed by atoms with van der Waals surface area (Å²) in [5, 5.41) is 13.7. The van der Waals surface area contributed by atoms with Gasteiger partial charge < -0.3 is 9.88 Å². The summed E-state index contributed by atoms with van der Waals surface area (Å²) in [6.07, 6.45) is 0. The summed E-state index contributed by atoms with van der Waals surface area (Å²) >= 11 is 0. The minimum atomic E-state index is -0.435. The predicted molar refractivity (Wildman–Crippen MR) is 85.9 cm³/mol. The van der Waals surface area contributed by atoms with Gasteiger partial charge in [-0.25, -0.2) is 0 Å². The molecule has 0 spiro atoms. The number of nitro benzene ring substituents is 1. The highest BCUT2D eigenvalue weighted by Crippen LogP contribution is 2.24. The maximum absolute atomic E-state index is 12.6. The number of hydrogen-bond acceptors (Lipinski definition) is 4. The third-order valence-corrected chi connectivity index (χ3v) is 3.45. The normalized spacial score (nSPS) is 10.9. The molecule has 0 aliphatic carbocycles. The molecular weight excluding hydrogens is 282 g/mol. The van der Waals surface area contributed by atoms with Gasteiger partial charge in [-0.3, -0.25) is 14.9 Å². The van der Waals surface area contributed by atoms with Crippen LogP contribution in [0.15, 0.2) is 41.2 Å². The highest BCUT2D eigenvalue weighted by molar-refractivity contribution is 5.61. The molecule has 1 heterocycles. The fourth-order valence-electron chi connectivity index (χ4n) is 2.42. The van der Waals surface area contributed by atoms with Gasteiger partial charge in [-0.15, -0.1) is 0 Å². The topological polar surface area (TPSA) is 77.2 Å². The quantitative estimate of drug-likeness (QED) is 0.680. The van der Waals surface area contributed by atoms with Crippen molar-refractivity contribution >= 4 is 5.69 Å². The van der Waals surface area contributed by atoms with Crippen LogP contribution in [0.3, 0.4) is 0 Å². The zero-order valence-corrected chi connectivity index (χ0v) is 12.9. The van der Waals surface area contributed by atoms with Crippen LogP contribution >= 0.6 is 0 Å².